The van der Waals surface area contributed by atoms with Crippen LogP contribution in [-0.2, 0) is 32.0 Å². The molecule has 47 heavy (non-hydrogen) atoms. The average molecular weight is 733 g/mol. The van der Waals surface area contributed by atoms with E-state index in [0.29, 0.717) is 22.8 Å². The number of halogens is 6. The van der Waals surface area contributed by atoms with Crippen molar-refractivity contribution in [2.75, 3.05) is 13.1 Å². The maximum atomic E-state index is 14.7. The van der Waals surface area contributed by atoms with Crippen LogP contribution in [0.5, 0.6) is 0 Å². The highest BCUT2D eigenvalue weighted by Crippen LogP contribution is 2.40. The molecule has 2 aliphatic rings. The lowest BCUT2D eigenvalue weighted by molar-refractivity contribution is -0.166. The third kappa shape index (κ3) is 6.53. The highest BCUT2D eigenvalue weighted by molar-refractivity contribution is 7.93. The number of alkyl halides is 3. The number of carbonyl (C=O) groups excluding carboxylic acids is 3. The Bertz CT molecular complexity index is 1830. The zero-order valence-corrected chi connectivity index (χ0v) is 27.8. The molecule has 5 rings (SSSR count). The number of sulfone groups is 1. The topological polar surface area (TPSA) is 129 Å². The summed E-state index contributed by atoms with van der Waals surface area (Å²) in [5.74, 6) is -2.40. The van der Waals surface area contributed by atoms with Gasteiger partial charge in [-0.15, -0.1) is 0 Å². The summed E-state index contributed by atoms with van der Waals surface area (Å²) in [6, 6.07) is 8.41. The first kappa shape index (κ1) is 34.9. The van der Waals surface area contributed by atoms with E-state index in [1.165, 1.54) is 23.1 Å². The first-order valence-corrected chi connectivity index (χ1v) is 16.7. The largest absolute Gasteiger partial charge is 0.433 e. The van der Waals surface area contributed by atoms with Crippen LogP contribution in [0.25, 0.3) is 0 Å². The number of aromatic nitrogens is 1. The maximum absolute atomic E-state index is 14.7. The minimum absolute atomic E-state index is 0.123. The number of piperazine rings is 1. The monoisotopic (exact) mass is 731 g/mol. The van der Waals surface area contributed by atoms with Gasteiger partial charge in [0, 0.05) is 35.2 Å². The average Bonchev–Trinajstić information content (AvgIpc) is 3.00. The molecule has 0 spiro atoms. The van der Waals surface area contributed by atoms with Gasteiger partial charge in [-0.25, -0.2) is 8.42 Å². The van der Waals surface area contributed by atoms with Crippen molar-refractivity contribution >= 4 is 62.4 Å². The smallest absolute Gasteiger partial charge is 0.339 e. The number of hydrogen-bond donors (Lipinski definition) is 2. The molecule has 0 radical (unpaired) electrons. The Morgan fingerprint density at radius 3 is 2.28 bits per heavy atom. The number of benzene rings is 2. The highest BCUT2D eigenvalue weighted by Gasteiger charge is 2.63. The lowest BCUT2D eigenvalue weighted by Gasteiger charge is -2.57. The van der Waals surface area contributed by atoms with Crippen LogP contribution in [0.3, 0.4) is 0 Å². The molecule has 2 N–H and O–H groups in total. The predicted molar refractivity (Wildman–Crippen MR) is 168 cm³/mol. The second-order valence-electron chi connectivity index (χ2n) is 11.3. The molecule has 2 aliphatic heterocycles. The van der Waals surface area contributed by atoms with Crippen molar-refractivity contribution in [1.29, 1.82) is 0 Å². The van der Waals surface area contributed by atoms with Gasteiger partial charge in [-0.1, -0.05) is 46.9 Å². The molecule has 10 nitrogen and oxygen atoms in total. The molecule has 3 unspecified atom stereocenters. The van der Waals surface area contributed by atoms with Crippen LogP contribution >= 0.6 is 34.8 Å². The van der Waals surface area contributed by atoms with Gasteiger partial charge in [0.05, 0.1) is 22.0 Å². The number of pyridine rings is 1. The maximum Gasteiger partial charge on any atom is 0.433 e. The van der Waals surface area contributed by atoms with Crippen molar-refractivity contribution in [3.05, 3.63) is 92.7 Å². The molecule has 2 fully saturated rings. The summed E-state index contributed by atoms with van der Waals surface area (Å²) >= 11 is 18.5. The predicted octanol–water partition coefficient (Wildman–Crippen LogP) is 4.58. The van der Waals surface area contributed by atoms with E-state index < -0.39 is 75.6 Å². The molecule has 3 amide bonds. The zero-order valence-electron chi connectivity index (χ0n) is 24.7. The summed E-state index contributed by atoms with van der Waals surface area (Å²) in [6.07, 6.45) is -4.14. The third-order valence-corrected chi connectivity index (χ3v) is 11.2. The number of nitrogens with zero attached hydrogens (tertiary/aromatic N) is 3. The lowest BCUT2D eigenvalue weighted by Crippen LogP contribution is -2.83. The molecule has 0 saturated carbocycles. The Labute approximate surface area is 283 Å². The van der Waals surface area contributed by atoms with Gasteiger partial charge in [0.15, 0.2) is 0 Å². The van der Waals surface area contributed by atoms with Crippen molar-refractivity contribution < 1.29 is 36.0 Å². The van der Waals surface area contributed by atoms with Gasteiger partial charge in [0.25, 0.3) is 5.91 Å². The van der Waals surface area contributed by atoms with E-state index in [2.05, 4.69) is 15.6 Å². The van der Waals surface area contributed by atoms with E-state index in [4.69, 9.17) is 34.8 Å². The zero-order chi connectivity index (χ0) is 34.5. The summed E-state index contributed by atoms with van der Waals surface area (Å²) < 4.78 is 68.4. The van der Waals surface area contributed by atoms with Crippen molar-refractivity contribution in [1.82, 2.24) is 25.4 Å². The molecule has 2 aromatic carbocycles. The first-order chi connectivity index (χ1) is 22.0. The van der Waals surface area contributed by atoms with Gasteiger partial charge in [-0.05, 0) is 61.9 Å². The number of hydrogen-bond acceptors (Lipinski definition) is 7. The molecular weight excluding hydrogens is 706 g/mol. The van der Waals surface area contributed by atoms with Gasteiger partial charge < -0.3 is 10.2 Å². The SMILES string of the molecule is CC(C)N1CC2(S(=O)(=O)c3ccc(Cl)cc3Cl)NCC(NC(=O)c3ccc(C(F)(F)F)nc3)C(=O)N2C(Cc2ccc(Cl)cc2)C1=O. The normalized spacial score (nSPS) is 22.0. The molecule has 3 heterocycles. The standard InChI is InChI=1S/C30H27Cl3F3N5O5S/c1-16(2)40-15-29(47(45,46)24-9-8-20(32)12-21(24)33)38-14-22(39-26(42)18-5-10-25(37-13-18)30(34,35)36)27(43)41(29)23(28(40)44)11-17-3-6-19(31)7-4-17/h3-10,12-13,16,22-23,38H,11,14-15H2,1-2H3,(H,39,42). The Morgan fingerprint density at radius 2 is 1.70 bits per heavy atom. The van der Waals surface area contributed by atoms with E-state index in [-0.39, 0.29) is 26.9 Å². The van der Waals surface area contributed by atoms with Crippen molar-refractivity contribution in [3.8, 4) is 0 Å². The van der Waals surface area contributed by atoms with Crippen molar-refractivity contribution in [2.24, 2.45) is 0 Å². The Kier molecular flexibility index (Phi) is 9.56. The molecular formula is C30H27Cl3F3N5O5S. The van der Waals surface area contributed by atoms with Gasteiger partial charge >= 0.3 is 6.18 Å². The van der Waals surface area contributed by atoms with Crippen molar-refractivity contribution in [3.63, 3.8) is 0 Å². The van der Waals surface area contributed by atoms with Crippen molar-refractivity contribution in [2.45, 2.75) is 54.5 Å². The van der Waals surface area contributed by atoms with E-state index in [1.54, 1.807) is 38.1 Å². The van der Waals surface area contributed by atoms with Crippen LogP contribution < -0.4 is 10.6 Å². The minimum Gasteiger partial charge on any atom is -0.339 e. The summed E-state index contributed by atoms with van der Waals surface area (Å²) in [4.78, 5) is 44.5. The number of amides is 3. The second kappa shape index (κ2) is 12.9. The lowest BCUT2D eigenvalue weighted by atomic mass is 9.96. The Morgan fingerprint density at radius 1 is 1.04 bits per heavy atom. The summed E-state index contributed by atoms with van der Waals surface area (Å²) in [5, 5.41) is 5.76. The molecule has 3 aromatic rings. The molecule has 1 aromatic heterocycles. The van der Waals surface area contributed by atoms with Crippen LogP contribution in [0, 0.1) is 0 Å². The van der Waals surface area contributed by atoms with Gasteiger partial charge in [-0.3, -0.25) is 29.6 Å². The summed E-state index contributed by atoms with van der Waals surface area (Å²) in [7, 11) is -4.65. The summed E-state index contributed by atoms with van der Waals surface area (Å²) in [5.41, 5.74) is -0.933. The van der Waals surface area contributed by atoms with Gasteiger partial charge in [0.2, 0.25) is 26.6 Å². The first-order valence-electron chi connectivity index (χ1n) is 14.1. The van der Waals surface area contributed by atoms with Crippen LogP contribution in [0.1, 0.15) is 35.5 Å². The van der Waals surface area contributed by atoms with Gasteiger partial charge in [0.1, 0.15) is 17.8 Å². The minimum atomic E-state index is -4.73. The fourth-order valence-electron chi connectivity index (χ4n) is 5.62. The molecule has 0 aliphatic carbocycles. The van der Waals surface area contributed by atoms with Crippen LogP contribution in [0.4, 0.5) is 13.2 Å². The fraction of sp³-hybridized carbons (Fsp3) is 0.333. The number of carbonyl (C=O) groups is 3. The number of nitrogens with one attached hydrogen (secondary N) is 2. The fourth-order valence-corrected chi connectivity index (χ4v) is 8.45. The van der Waals surface area contributed by atoms with Gasteiger partial charge in [-0.2, -0.15) is 13.2 Å². The van der Waals surface area contributed by atoms with E-state index >= 15 is 0 Å². The molecule has 250 valence electrons. The molecule has 3 atom stereocenters. The Hall–Kier alpha value is -3.43. The number of rotatable bonds is 7. The molecule has 2 saturated heterocycles. The van der Waals surface area contributed by atoms with Crippen LogP contribution in [-0.4, -0.2) is 77.1 Å². The molecule has 17 heteroatoms. The van der Waals surface area contributed by atoms with Crippen LogP contribution in [0.2, 0.25) is 15.1 Å². The van der Waals surface area contributed by atoms with E-state index in [9.17, 15) is 36.0 Å². The second-order valence-corrected chi connectivity index (χ2v) is 14.7. The third-order valence-electron chi connectivity index (χ3n) is 7.99. The van der Waals surface area contributed by atoms with Crippen LogP contribution in [0.15, 0.2) is 65.7 Å². The summed E-state index contributed by atoms with van der Waals surface area (Å²) in [6.45, 7) is 2.49. The number of fused-ring (bicyclic) bond motifs is 1. The van der Waals surface area contributed by atoms with E-state index in [1.807, 2.05) is 0 Å². The van der Waals surface area contributed by atoms with E-state index in [0.717, 1.165) is 11.0 Å². The quantitative estimate of drug-likeness (QED) is 0.364. The Balaban J connectivity index is 1.60. The highest BCUT2D eigenvalue weighted by atomic mass is 35.5. The molecule has 0 bridgehead atoms.